The summed E-state index contributed by atoms with van der Waals surface area (Å²) in [7, 11) is 0. The third-order valence-electron chi connectivity index (χ3n) is 3.26. The summed E-state index contributed by atoms with van der Waals surface area (Å²) in [6.07, 6.45) is 0.733. The fourth-order valence-electron chi connectivity index (χ4n) is 2.09. The van der Waals surface area contributed by atoms with Crippen molar-refractivity contribution in [2.75, 3.05) is 11.9 Å². The van der Waals surface area contributed by atoms with Crippen LogP contribution in [0.5, 0.6) is 0 Å². The molecule has 0 amide bonds. The molecule has 0 heterocycles. The minimum Gasteiger partial charge on any atom is -0.384 e. The Morgan fingerprint density at radius 2 is 1.95 bits per heavy atom. The van der Waals surface area contributed by atoms with Crippen molar-refractivity contribution >= 4 is 11.4 Å². The molecule has 21 heavy (non-hydrogen) atoms. The van der Waals surface area contributed by atoms with Crippen molar-refractivity contribution in [1.29, 1.82) is 5.26 Å². The van der Waals surface area contributed by atoms with Gasteiger partial charge < -0.3 is 5.32 Å². The Morgan fingerprint density at radius 1 is 1.24 bits per heavy atom. The third-order valence-corrected chi connectivity index (χ3v) is 3.26. The van der Waals surface area contributed by atoms with Gasteiger partial charge in [0.25, 0.3) is 5.69 Å². The number of non-ortho nitro benzene ring substituents is 1. The second-order valence-electron chi connectivity index (χ2n) is 4.71. The summed E-state index contributed by atoms with van der Waals surface area (Å²) in [5.41, 5.74) is 3.52. The van der Waals surface area contributed by atoms with E-state index in [1.54, 1.807) is 12.1 Å². The highest BCUT2D eigenvalue weighted by Gasteiger charge is 2.05. The molecule has 0 saturated heterocycles. The minimum absolute atomic E-state index is 0.0946. The first-order valence-electron chi connectivity index (χ1n) is 6.58. The topological polar surface area (TPSA) is 79.0 Å². The molecule has 0 atom stereocenters. The Morgan fingerprint density at radius 3 is 2.57 bits per heavy atom. The van der Waals surface area contributed by atoms with Crippen LogP contribution in [0.2, 0.25) is 0 Å². The average molecular weight is 281 g/mol. The zero-order valence-electron chi connectivity index (χ0n) is 11.7. The predicted octanol–water partition coefficient (Wildman–Crippen LogP) is 3.43. The quantitative estimate of drug-likeness (QED) is 0.672. The van der Waals surface area contributed by atoms with Crippen LogP contribution in [-0.4, -0.2) is 11.5 Å². The van der Waals surface area contributed by atoms with Crippen molar-refractivity contribution < 1.29 is 4.92 Å². The van der Waals surface area contributed by atoms with Crippen LogP contribution < -0.4 is 5.32 Å². The Balaban J connectivity index is 1.97. The fourth-order valence-corrected chi connectivity index (χ4v) is 2.09. The van der Waals surface area contributed by atoms with Crippen molar-refractivity contribution in [2.24, 2.45) is 0 Å². The third kappa shape index (κ3) is 3.57. The average Bonchev–Trinajstić information content (AvgIpc) is 2.48. The number of nitro benzene ring substituents is 1. The van der Waals surface area contributed by atoms with E-state index in [1.807, 2.05) is 25.1 Å². The Hall–Kier alpha value is -2.87. The van der Waals surface area contributed by atoms with Gasteiger partial charge in [-0.2, -0.15) is 5.26 Å². The summed E-state index contributed by atoms with van der Waals surface area (Å²) >= 11 is 0. The van der Waals surface area contributed by atoms with Gasteiger partial charge in [-0.1, -0.05) is 24.3 Å². The number of hydrogen-bond donors (Lipinski definition) is 1. The lowest BCUT2D eigenvalue weighted by molar-refractivity contribution is -0.384. The smallest absolute Gasteiger partial charge is 0.269 e. The number of nitrogens with zero attached hydrogens (tertiary/aromatic N) is 2. The lowest BCUT2D eigenvalue weighted by Crippen LogP contribution is -2.06. The second kappa shape index (κ2) is 6.53. The number of anilines is 1. The van der Waals surface area contributed by atoms with Crippen LogP contribution in [0.4, 0.5) is 11.4 Å². The summed E-state index contributed by atoms with van der Waals surface area (Å²) < 4.78 is 0. The first kappa shape index (κ1) is 14.5. The summed E-state index contributed by atoms with van der Waals surface area (Å²) in [5.74, 6) is 0. The number of nitrogens with one attached hydrogen (secondary N) is 1. The van der Waals surface area contributed by atoms with E-state index in [0.29, 0.717) is 12.1 Å². The number of benzene rings is 2. The monoisotopic (exact) mass is 281 g/mol. The minimum atomic E-state index is -0.409. The van der Waals surface area contributed by atoms with Crippen molar-refractivity contribution in [3.05, 3.63) is 69.3 Å². The summed E-state index contributed by atoms with van der Waals surface area (Å²) in [6, 6.07) is 14.4. The van der Waals surface area contributed by atoms with E-state index in [0.717, 1.165) is 23.2 Å². The van der Waals surface area contributed by atoms with E-state index in [-0.39, 0.29) is 5.69 Å². The van der Waals surface area contributed by atoms with Crippen LogP contribution in [0, 0.1) is 28.4 Å². The van der Waals surface area contributed by atoms with Crippen LogP contribution in [0.15, 0.2) is 42.5 Å². The van der Waals surface area contributed by atoms with E-state index in [1.165, 1.54) is 12.1 Å². The van der Waals surface area contributed by atoms with E-state index >= 15 is 0 Å². The van der Waals surface area contributed by atoms with Gasteiger partial charge in [0, 0.05) is 18.7 Å². The molecule has 1 N–H and O–H groups in total. The Bertz CT molecular complexity index is 688. The maximum Gasteiger partial charge on any atom is 0.269 e. The summed E-state index contributed by atoms with van der Waals surface area (Å²) in [5, 5.41) is 23.0. The number of nitro groups is 1. The second-order valence-corrected chi connectivity index (χ2v) is 4.71. The normalized spacial score (nSPS) is 9.90. The van der Waals surface area contributed by atoms with Crippen LogP contribution in [-0.2, 0) is 6.42 Å². The number of rotatable bonds is 5. The van der Waals surface area contributed by atoms with Gasteiger partial charge in [0.15, 0.2) is 0 Å². The molecule has 0 spiro atoms. The van der Waals surface area contributed by atoms with Gasteiger partial charge in [-0.05, 0) is 30.5 Å². The van der Waals surface area contributed by atoms with E-state index in [4.69, 9.17) is 5.26 Å². The zero-order chi connectivity index (χ0) is 15.2. The molecule has 0 aliphatic rings. The van der Waals surface area contributed by atoms with Gasteiger partial charge in [0.05, 0.1) is 16.2 Å². The molecule has 5 nitrogen and oxygen atoms in total. The van der Waals surface area contributed by atoms with Gasteiger partial charge in [0.2, 0.25) is 0 Å². The Labute approximate surface area is 123 Å². The number of nitriles is 1. The van der Waals surface area contributed by atoms with Crippen molar-refractivity contribution in [2.45, 2.75) is 13.3 Å². The van der Waals surface area contributed by atoms with Gasteiger partial charge in [-0.25, -0.2) is 0 Å². The maximum absolute atomic E-state index is 10.6. The van der Waals surface area contributed by atoms with Gasteiger partial charge in [-0.15, -0.1) is 0 Å². The molecule has 2 aromatic rings. The molecule has 106 valence electrons. The van der Waals surface area contributed by atoms with E-state index < -0.39 is 4.92 Å². The molecule has 2 rings (SSSR count). The lowest BCUT2D eigenvalue weighted by atomic mass is 10.1. The standard InChI is InChI=1S/C16H15N3O2/c1-12-3-2-4-16(15(12)11-17)18-10-9-13-5-7-14(8-6-13)19(20)21/h2-8,18H,9-10H2,1H3. The predicted molar refractivity (Wildman–Crippen MR) is 81.2 cm³/mol. The molecule has 0 saturated carbocycles. The molecule has 5 heteroatoms. The highest BCUT2D eigenvalue weighted by molar-refractivity contribution is 5.60. The van der Waals surface area contributed by atoms with E-state index in [2.05, 4.69) is 11.4 Å². The molecule has 2 aromatic carbocycles. The fraction of sp³-hybridized carbons (Fsp3) is 0.188. The van der Waals surface area contributed by atoms with Gasteiger partial charge in [-0.3, -0.25) is 10.1 Å². The summed E-state index contributed by atoms with van der Waals surface area (Å²) in [6.45, 7) is 2.57. The molecule has 0 aliphatic heterocycles. The van der Waals surface area contributed by atoms with Crippen LogP contribution in [0.3, 0.4) is 0 Å². The molecular weight excluding hydrogens is 266 g/mol. The van der Waals surface area contributed by atoms with Crippen LogP contribution >= 0.6 is 0 Å². The zero-order valence-corrected chi connectivity index (χ0v) is 11.7. The molecule has 0 bridgehead atoms. The first-order valence-corrected chi connectivity index (χ1v) is 6.58. The highest BCUT2D eigenvalue weighted by Crippen LogP contribution is 2.18. The van der Waals surface area contributed by atoms with Crippen molar-refractivity contribution in [1.82, 2.24) is 0 Å². The number of aryl methyl sites for hydroxylation is 1. The molecule has 0 unspecified atom stereocenters. The number of hydrogen-bond acceptors (Lipinski definition) is 4. The molecule has 0 radical (unpaired) electrons. The molecule has 0 fully saturated rings. The van der Waals surface area contributed by atoms with Crippen LogP contribution in [0.1, 0.15) is 16.7 Å². The van der Waals surface area contributed by atoms with Crippen molar-refractivity contribution in [3.63, 3.8) is 0 Å². The first-order chi connectivity index (χ1) is 10.1. The van der Waals surface area contributed by atoms with Crippen LogP contribution in [0.25, 0.3) is 0 Å². The molecule has 0 aliphatic carbocycles. The maximum atomic E-state index is 10.6. The van der Waals surface area contributed by atoms with Crippen molar-refractivity contribution in [3.8, 4) is 6.07 Å². The van der Waals surface area contributed by atoms with E-state index in [9.17, 15) is 10.1 Å². The Kier molecular flexibility index (Phi) is 4.52. The highest BCUT2D eigenvalue weighted by atomic mass is 16.6. The lowest BCUT2D eigenvalue weighted by Gasteiger charge is -2.09. The molecular formula is C16H15N3O2. The van der Waals surface area contributed by atoms with Gasteiger partial charge in [0.1, 0.15) is 6.07 Å². The SMILES string of the molecule is Cc1cccc(NCCc2ccc([N+](=O)[O-])cc2)c1C#N. The van der Waals surface area contributed by atoms with Gasteiger partial charge >= 0.3 is 0 Å². The summed E-state index contributed by atoms with van der Waals surface area (Å²) in [4.78, 5) is 10.2. The largest absolute Gasteiger partial charge is 0.384 e. The molecule has 0 aromatic heterocycles.